The summed E-state index contributed by atoms with van der Waals surface area (Å²) >= 11 is 0. The van der Waals surface area contributed by atoms with E-state index in [1.54, 1.807) is 0 Å². The van der Waals surface area contributed by atoms with E-state index in [1.807, 2.05) is 0 Å². The summed E-state index contributed by atoms with van der Waals surface area (Å²) in [5.41, 5.74) is 0.521. The van der Waals surface area contributed by atoms with Crippen LogP contribution in [0.2, 0.25) is 0 Å². The topological polar surface area (TPSA) is 0 Å². The molecule has 0 saturated heterocycles. The molecule has 0 nitrogen and oxygen atoms in total. The van der Waals surface area contributed by atoms with Gasteiger partial charge in [0.05, 0.1) is 0 Å². The van der Waals surface area contributed by atoms with E-state index in [4.69, 9.17) is 0 Å². The molecule has 1 aliphatic rings. The van der Waals surface area contributed by atoms with Crippen LogP contribution in [0.5, 0.6) is 0 Å². The quantitative estimate of drug-likeness (QED) is 0.566. The predicted octanol–water partition coefficient (Wildman–Crippen LogP) is 4.81. The van der Waals surface area contributed by atoms with Gasteiger partial charge in [-0.1, -0.05) is 39.7 Å². The van der Waals surface area contributed by atoms with Crippen LogP contribution in [0.4, 0.5) is 0 Å². The van der Waals surface area contributed by atoms with Crippen LogP contribution >= 0.6 is 0 Å². The number of hydrogen-bond acceptors (Lipinski definition) is 0. The van der Waals surface area contributed by atoms with Crippen molar-refractivity contribution < 1.29 is 0 Å². The second-order valence-corrected chi connectivity index (χ2v) is 5.96. The highest BCUT2D eigenvalue weighted by Gasteiger charge is 2.29. The fourth-order valence-electron chi connectivity index (χ4n) is 2.69. The lowest BCUT2D eigenvalue weighted by Crippen LogP contribution is -2.26. The van der Waals surface area contributed by atoms with Gasteiger partial charge in [0.2, 0.25) is 0 Å². The maximum Gasteiger partial charge on any atom is -0.0351 e. The smallest absolute Gasteiger partial charge is 0.0351 e. The normalized spacial score (nSPS) is 28.8. The first kappa shape index (κ1) is 11.8. The molecule has 14 heavy (non-hydrogen) atoms. The van der Waals surface area contributed by atoms with Gasteiger partial charge in [-0.25, -0.2) is 0 Å². The minimum atomic E-state index is 0.521. The van der Waals surface area contributed by atoms with E-state index in [1.165, 1.54) is 38.5 Å². The van der Waals surface area contributed by atoms with Crippen LogP contribution < -0.4 is 0 Å². The Bertz CT molecular complexity index is 173. The summed E-state index contributed by atoms with van der Waals surface area (Å²) in [6.07, 6.45) is 10.5. The average molecular weight is 194 g/mol. The third-order valence-electron chi connectivity index (χ3n) is 3.79. The Balaban J connectivity index is 2.39. The van der Waals surface area contributed by atoms with Crippen LogP contribution in [0, 0.1) is 17.3 Å². The van der Waals surface area contributed by atoms with Gasteiger partial charge in [0.25, 0.3) is 0 Å². The Kier molecular flexibility index (Phi) is 4.22. The molecular formula is C14H26. The van der Waals surface area contributed by atoms with Gasteiger partial charge in [0.1, 0.15) is 0 Å². The van der Waals surface area contributed by atoms with Crippen molar-refractivity contribution in [1.82, 2.24) is 0 Å². The van der Waals surface area contributed by atoms with Crippen LogP contribution in [-0.2, 0) is 0 Å². The van der Waals surface area contributed by atoms with Crippen LogP contribution in [0.25, 0.3) is 0 Å². The standard InChI is InChI=1S/C14H26/c1-5-6-8-12-9-7-10-13(11-12)14(2,3)4/h5,12-13H,1,6-11H2,2-4H3/t12-,13+/m1/s1. The molecule has 0 bridgehead atoms. The first-order valence-corrected chi connectivity index (χ1v) is 6.15. The molecule has 0 aliphatic heterocycles. The van der Waals surface area contributed by atoms with Crippen molar-refractivity contribution in [2.24, 2.45) is 17.3 Å². The Morgan fingerprint density at radius 3 is 2.57 bits per heavy atom. The molecule has 0 spiro atoms. The zero-order valence-corrected chi connectivity index (χ0v) is 10.2. The molecule has 0 aromatic rings. The van der Waals surface area contributed by atoms with Crippen molar-refractivity contribution in [3.05, 3.63) is 12.7 Å². The summed E-state index contributed by atoms with van der Waals surface area (Å²) in [6.45, 7) is 11.0. The third-order valence-corrected chi connectivity index (χ3v) is 3.79. The zero-order valence-electron chi connectivity index (χ0n) is 10.2. The fourth-order valence-corrected chi connectivity index (χ4v) is 2.69. The van der Waals surface area contributed by atoms with Crippen LogP contribution in [0.3, 0.4) is 0 Å². The number of allylic oxidation sites excluding steroid dienone is 1. The fraction of sp³-hybridized carbons (Fsp3) is 0.857. The zero-order chi connectivity index (χ0) is 10.6. The predicted molar refractivity (Wildman–Crippen MR) is 64.3 cm³/mol. The molecule has 0 aromatic carbocycles. The molecule has 0 heteroatoms. The van der Waals surface area contributed by atoms with E-state index in [0.29, 0.717) is 5.41 Å². The largest absolute Gasteiger partial charge is 0.103 e. The minimum Gasteiger partial charge on any atom is -0.103 e. The molecule has 1 rings (SSSR count). The van der Waals surface area contributed by atoms with Crippen molar-refractivity contribution in [3.8, 4) is 0 Å². The van der Waals surface area contributed by atoms with Gasteiger partial charge in [-0.2, -0.15) is 0 Å². The van der Waals surface area contributed by atoms with Crippen molar-refractivity contribution in [2.45, 2.75) is 59.3 Å². The molecule has 1 fully saturated rings. The minimum absolute atomic E-state index is 0.521. The van der Waals surface area contributed by atoms with Gasteiger partial charge in [-0.05, 0) is 42.9 Å². The van der Waals surface area contributed by atoms with E-state index in [-0.39, 0.29) is 0 Å². The summed E-state index contributed by atoms with van der Waals surface area (Å²) < 4.78 is 0. The number of rotatable bonds is 3. The first-order chi connectivity index (χ1) is 6.54. The van der Waals surface area contributed by atoms with Crippen molar-refractivity contribution in [1.29, 1.82) is 0 Å². The van der Waals surface area contributed by atoms with Gasteiger partial charge in [0, 0.05) is 0 Å². The third kappa shape index (κ3) is 3.48. The molecule has 2 atom stereocenters. The summed E-state index contributed by atoms with van der Waals surface area (Å²) in [7, 11) is 0. The molecule has 82 valence electrons. The first-order valence-electron chi connectivity index (χ1n) is 6.15. The van der Waals surface area contributed by atoms with E-state index in [2.05, 4.69) is 33.4 Å². The monoisotopic (exact) mass is 194 g/mol. The molecule has 1 aliphatic carbocycles. The molecule has 0 heterocycles. The highest BCUT2D eigenvalue weighted by atomic mass is 14.3. The summed E-state index contributed by atoms with van der Waals surface area (Å²) in [6, 6.07) is 0. The summed E-state index contributed by atoms with van der Waals surface area (Å²) in [4.78, 5) is 0. The molecule has 0 N–H and O–H groups in total. The van der Waals surface area contributed by atoms with Crippen LogP contribution in [-0.4, -0.2) is 0 Å². The van der Waals surface area contributed by atoms with E-state index >= 15 is 0 Å². The van der Waals surface area contributed by atoms with Gasteiger partial charge < -0.3 is 0 Å². The molecular weight excluding hydrogens is 168 g/mol. The molecule has 0 radical (unpaired) electrons. The Morgan fingerprint density at radius 1 is 1.29 bits per heavy atom. The van der Waals surface area contributed by atoms with Crippen molar-refractivity contribution in [2.75, 3.05) is 0 Å². The lowest BCUT2D eigenvalue weighted by atomic mass is 9.68. The highest BCUT2D eigenvalue weighted by Crippen LogP contribution is 2.41. The van der Waals surface area contributed by atoms with Crippen molar-refractivity contribution >= 4 is 0 Å². The molecule has 0 unspecified atom stereocenters. The van der Waals surface area contributed by atoms with Crippen LogP contribution in [0.15, 0.2) is 12.7 Å². The Morgan fingerprint density at radius 2 is 2.00 bits per heavy atom. The average Bonchev–Trinajstić information content (AvgIpc) is 2.14. The van der Waals surface area contributed by atoms with Crippen LogP contribution in [0.1, 0.15) is 59.3 Å². The maximum atomic E-state index is 3.81. The Labute approximate surface area is 89.8 Å². The molecule has 0 amide bonds. The Hall–Kier alpha value is -0.260. The van der Waals surface area contributed by atoms with E-state index in [0.717, 1.165) is 11.8 Å². The van der Waals surface area contributed by atoms with Gasteiger partial charge >= 0.3 is 0 Å². The molecule has 1 saturated carbocycles. The van der Waals surface area contributed by atoms with Gasteiger partial charge in [0.15, 0.2) is 0 Å². The van der Waals surface area contributed by atoms with E-state index < -0.39 is 0 Å². The van der Waals surface area contributed by atoms with E-state index in [9.17, 15) is 0 Å². The second kappa shape index (κ2) is 5.00. The summed E-state index contributed by atoms with van der Waals surface area (Å²) in [5, 5.41) is 0. The number of hydrogen-bond donors (Lipinski definition) is 0. The highest BCUT2D eigenvalue weighted by molar-refractivity contribution is 4.82. The lowest BCUT2D eigenvalue weighted by molar-refractivity contribution is 0.138. The van der Waals surface area contributed by atoms with Gasteiger partial charge in [-0.3, -0.25) is 0 Å². The second-order valence-electron chi connectivity index (χ2n) is 5.96. The van der Waals surface area contributed by atoms with Crippen molar-refractivity contribution in [3.63, 3.8) is 0 Å². The molecule has 0 aromatic heterocycles. The van der Waals surface area contributed by atoms with Gasteiger partial charge in [-0.15, -0.1) is 6.58 Å². The maximum absolute atomic E-state index is 3.81. The lowest BCUT2D eigenvalue weighted by Gasteiger charge is -2.37. The summed E-state index contributed by atoms with van der Waals surface area (Å²) in [5.74, 6) is 1.93. The SMILES string of the molecule is C=CCC[C@@H]1CCC[C@H](C(C)(C)C)C1.